The molecule has 0 unspecified atom stereocenters. The predicted octanol–water partition coefficient (Wildman–Crippen LogP) is 5.47. The van der Waals surface area contributed by atoms with Crippen molar-refractivity contribution in [2.24, 2.45) is 0 Å². The van der Waals surface area contributed by atoms with Gasteiger partial charge in [-0.05, 0) is 79.5 Å². The van der Waals surface area contributed by atoms with E-state index in [2.05, 4.69) is 21.2 Å². The van der Waals surface area contributed by atoms with E-state index in [1.807, 2.05) is 32.9 Å². The Morgan fingerprint density at radius 2 is 1.70 bits per heavy atom. The van der Waals surface area contributed by atoms with Crippen molar-refractivity contribution >= 4 is 50.9 Å². The molecule has 2 amide bonds. The van der Waals surface area contributed by atoms with E-state index in [0.29, 0.717) is 20.3 Å². The van der Waals surface area contributed by atoms with E-state index < -0.39 is 11.6 Å². The Balaban J connectivity index is 2.18. The van der Waals surface area contributed by atoms with Gasteiger partial charge in [0.15, 0.2) is 6.61 Å². The smallest absolute Gasteiger partial charge is 0.261 e. The summed E-state index contributed by atoms with van der Waals surface area (Å²) >= 11 is 15.3. The molecule has 5 nitrogen and oxygen atoms in total. The summed E-state index contributed by atoms with van der Waals surface area (Å²) in [5.41, 5.74) is 0.446. The number of rotatable bonds is 7. The van der Waals surface area contributed by atoms with Crippen LogP contribution in [-0.4, -0.2) is 34.9 Å². The van der Waals surface area contributed by atoms with Crippen LogP contribution in [0.3, 0.4) is 0 Å². The molecule has 0 spiro atoms. The maximum absolute atomic E-state index is 13.0. The highest BCUT2D eigenvalue weighted by atomic mass is 79.9. The molecule has 0 aliphatic carbocycles. The Labute approximate surface area is 195 Å². The number of ether oxygens (including phenoxy) is 1. The van der Waals surface area contributed by atoms with Gasteiger partial charge in [0, 0.05) is 22.1 Å². The van der Waals surface area contributed by atoms with Gasteiger partial charge in [0.05, 0.1) is 4.47 Å². The van der Waals surface area contributed by atoms with Crippen LogP contribution in [0, 0.1) is 0 Å². The summed E-state index contributed by atoms with van der Waals surface area (Å²) < 4.78 is 6.32. The number of hydrogen-bond acceptors (Lipinski definition) is 3. The van der Waals surface area contributed by atoms with Gasteiger partial charge in [0.25, 0.3) is 5.91 Å². The number of hydrogen-bond donors (Lipinski definition) is 1. The maximum Gasteiger partial charge on any atom is 0.261 e. The molecule has 0 radical (unpaired) electrons. The lowest BCUT2D eigenvalue weighted by molar-refractivity contribution is -0.142. The van der Waals surface area contributed by atoms with Crippen LogP contribution < -0.4 is 10.1 Å². The molecule has 0 aromatic heterocycles. The normalized spacial score (nSPS) is 12.2. The monoisotopic (exact) mass is 514 g/mol. The number of carbonyl (C=O) groups excluding carboxylic acids is 2. The maximum atomic E-state index is 13.0. The summed E-state index contributed by atoms with van der Waals surface area (Å²) in [4.78, 5) is 27.3. The summed E-state index contributed by atoms with van der Waals surface area (Å²) in [6.07, 6.45) is 0. The minimum atomic E-state index is -0.690. The Kier molecular flexibility index (Phi) is 8.59. The van der Waals surface area contributed by atoms with Crippen molar-refractivity contribution < 1.29 is 14.3 Å². The third kappa shape index (κ3) is 7.49. The first-order valence-electron chi connectivity index (χ1n) is 9.40. The second-order valence-electron chi connectivity index (χ2n) is 7.93. The molecule has 2 aromatic rings. The van der Waals surface area contributed by atoms with Gasteiger partial charge >= 0.3 is 0 Å². The number of carbonyl (C=O) groups is 2. The van der Waals surface area contributed by atoms with Crippen molar-refractivity contribution in [1.82, 2.24) is 10.2 Å². The molecule has 2 aromatic carbocycles. The highest BCUT2D eigenvalue weighted by molar-refractivity contribution is 9.10. The number of nitrogens with zero attached hydrogens (tertiary/aromatic N) is 1. The fraction of sp³-hybridized carbons (Fsp3) is 0.364. The molecular formula is C22H25BrCl2N2O3. The number of halogens is 3. The van der Waals surface area contributed by atoms with Crippen LogP contribution in [0.4, 0.5) is 0 Å². The van der Waals surface area contributed by atoms with Crippen LogP contribution >= 0.6 is 39.1 Å². The lowest BCUT2D eigenvalue weighted by atomic mass is 10.1. The molecule has 0 bridgehead atoms. The first-order valence-corrected chi connectivity index (χ1v) is 10.9. The Hall–Kier alpha value is -1.76. The van der Waals surface area contributed by atoms with Gasteiger partial charge in [-0.15, -0.1) is 0 Å². The molecule has 162 valence electrons. The Morgan fingerprint density at radius 3 is 2.27 bits per heavy atom. The third-order valence-corrected chi connectivity index (χ3v) is 5.28. The SMILES string of the molecule is C[C@H](C(=O)NC(C)(C)C)N(Cc1ccc(Cl)cc1)C(=O)COc1ccc(Cl)cc1Br. The summed E-state index contributed by atoms with van der Waals surface area (Å²) in [6.45, 7) is 7.41. The molecule has 0 aliphatic rings. The zero-order valence-electron chi connectivity index (χ0n) is 17.3. The van der Waals surface area contributed by atoms with Gasteiger partial charge in [-0.25, -0.2) is 0 Å². The van der Waals surface area contributed by atoms with Crippen molar-refractivity contribution in [3.05, 3.63) is 62.5 Å². The third-order valence-electron chi connectivity index (χ3n) is 4.18. The lowest BCUT2D eigenvalue weighted by Gasteiger charge is -2.31. The molecular weight excluding hydrogens is 491 g/mol. The highest BCUT2D eigenvalue weighted by Gasteiger charge is 2.28. The van der Waals surface area contributed by atoms with Crippen molar-refractivity contribution in [2.75, 3.05) is 6.61 Å². The quantitative estimate of drug-likeness (QED) is 0.532. The molecule has 0 saturated carbocycles. The molecule has 0 fully saturated rings. The summed E-state index contributed by atoms with van der Waals surface area (Å²) in [7, 11) is 0. The van der Waals surface area contributed by atoms with Crippen LogP contribution in [0.2, 0.25) is 10.0 Å². The zero-order chi connectivity index (χ0) is 22.5. The molecule has 1 N–H and O–H groups in total. The van der Waals surface area contributed by atoms with E-state index in [-0.39, 0.29) is 25.0 Å². The lowest BCUT2D eigenvalue weighted by Crippen LogP contribution is -2.53. The van der Waals surface area contributed by atoms with Crippen LogP contribution in [-0.2, 0) is 16.1 Å². The van der Waals surface area contributed by atoms with E-state index >= 15 is 0 Å². The number of nitrogens with one attached hydrogen (secondary N) is 1. The standard InChI is InChI=1S/C22H25BrCl2N2O3/c1-14(21(29)26-22(2,3)4)27(12-15-5-7-16(24)8-6-15)20(28)13-30-19-10-9-17(25)11-18(19)23/h5-11,14H,12-13H2,1-4H3,(H,26,29)/t14-/m1/s1. The average Bonchev–Trinajstić information content (AvgIpc) is 2.64. The fourth-order valence-electron chi connectivity index (χ4n) is 2.66. The predicted molar refractivity (Wildman–Crippen MR) is 124 cm³/mol. The summed E-state index contributed by atoms with van der Waals surface area (Å²) in [5, 5.41) is 4.08. The summed E-state index contributed by atoms with van der Waals surface area (Å²) in [6, 6.07) is 11.5. The molecule has 8 heteroatoms. The van der Waals surface area contributed by atoms with Crippen molar-refractivity contribution in [2.45, 2.75) is 45.8 Å². The topological polar surface area (TPSA) is 58.6 Å². The molecule has 30 heavy (non-hydrogen) atoms. The average molecular weight is 516 g/mol. The first-order chi connectivity index (χ1) is 14.0. The first kappa shape index (κ1) is 24.5. The Morgan fingerprint density at radius 1 is 1.10 bits per heavy atom. The van der Waals surface area contributed by atoms with E-state index in [9.17, 15) is 9.59 Å². The summed E-state index contributed by atoms with van der Waals surface area (Å²) in [5.74, 6) is -0.0631. The molecule has 0 aliphatic heterocycles. The van der Waals surface area contributed by atoms with E-state index in [1.165, 1.54) is 4.90 Å². The largest absolute Gasteiger partial charge is 0.483 e. The van der Waals surface area contributed by atoms with Gasteiger partial charge in [0.1, 0.15) is 11.8 Å². The van der Waals surface area contributed by atoms with Gasteiger partial charge in [0.2, 0.25) is 5.91 Å². The van der Waals surface area contributed by atoms with Gasteiger partial charge in [-0.2, -0.15) is 0 Å². The van der Waals surface area contributed by atoms with E-state index in [1.54, 1.807) is 37.3 Å². The van der Waals surface area contributed by atoms with E-state index in [4.69, 9.17) is 27.9 Å². The highest BCUT2D eigenvalue weighted by Crippen LogP contribution is 2.28. The van der Waals surface area contributed by atoms with Crippen LogP contribution in [0.25, 0.3) is 0 Å². The van der Waals surface area contributed by atoms with Crippen LogP contribution in [0.5, 0.6) is 5.75 Å². The van der Waals surface area contributed by atoms with Gasteiger partial charge in [-0.3, -0.25) is 9.59 Å². The molecule has 0 heterocycles. The molecule has 1 atom stereocenters. The van der Waals surface area contributed by atoms with Crippen molar-refractivity contribution in [3.8, 4) is 5.75 Å². The zero-order valence-corrected chi connectivity index (χ0v) is 20.4. The van der Waals surface area contributed by atoms with E-state index in [0.717, 1.165) is 5.56 Å². The van der Waals surface area contributed by atoms with Crippen molar-refractivity contribution in [3.63, 3.8) is 0 Å². The minimum Gasteiger partial charge on any atom is -0.483 e. The number of benzene rings is 2. The number of amides is 2. The Bertz CT molecular complexity index is 898. The minimum absolute atomic E-state index is 0.221. The molecule has 0 saturated heterocycles. The van der Waals surface area contributed by atoms with Crippen LogP contribution in [0.15, 0.2) is 46.9 Å². The second kappa shape index (κ2) is 10.5. The van der Waals surface area contributed by atoms with Gasteiger partial charge < -0.3 is 15.0 Å². The second-order valence-corrected chi connectivity index (χ2v) is 9.65. The van der Waals surface area contributed by atoms with Crippen LogP contribution in [0.1, 0.15) is 33.3 Å². The fourth-order valence-corrected chi connectivity index (χ4v) is 3.58. The van der Waals surface area contributed by atoms with Crippen molar-refractivity contribution in [1.29, 1.82) is 0 Å². The van der Waals surface area contributed by atoms with Gasteiger partial charge in [-0.1, -0.05) is 35.3 Å². The molecule has 2 rings (SSSR count).